The van der Waals surface area contributed by atoms with Gasteiger partial charge < -0.3 is 4.90 Å². The van der Waals surface area contributed by atoms with E-state index in [4.69, 9.17) is 0 Å². The van der Waals surface area contributed by atoms with Crippen molar-refractivity contribution in [2.75, 3.05) is 18.4 Å². The predicted octanol–water partition coefficient (Wildman–Crippen LogP) is 4.06. The highest BCUT2D eigenvalue weighted by molar-refractivity contribution is 9.09. The smallest absolute Gasteiger partial charge is 0.00952 e. The first kappa shape index (κ1) is 13.5. The summed E-state index contributed by atoms with van der Waals surface area (Å²) in [6, 6.07) is 0.909. The van der Waals surface area contributed by atoms with E-state index in [2.05, 4.69) is 41.6 Å². The Labute approximate surface area is 104 Å². The zero-order valence-electron chi connectivity index (χ0n) is 10.6. The van der Waals surface area contributed by atoms with E-state index in [1.54, 1.807) is 0 Å². The minimum absolute atomic E-state index is 0.483. The molecule has 0 aromatic heterocycles. The summed E-state index contributed by atoms with van der Waals surface area (Å²) >= 11 is 3.53. The lowest BCUT2D eigenvalue weighted by Crippen LogP contribution is -2.42. The summed E-state index contributed by atoms with van der Waals surface area (Å²) in [4.78, 5) is 2.72. The Morgan fingerprint density at radius 3 is 2.27 bits per heavy atom. The van der Waals surface area contributed by atoms with Gasteiger partial charge in [0, 0.05) is 11.4 Å². The van der Waals surface area contributed by atoms with E-state index in [0.717, 1.165) is 11.4 Å². The first-order valence-corrected chi connectivity index (χ1v) is 7.45. The molecule has 15 heavy (non-hydrogen) atoms. The van der Waals surface area contributed by atoms with Crippen LogP contribution < -0.4 is 0 Å². The van der Waals surface area contributed by atoms with Gasteiger partial charge in [0.05, 0.1) is 0 Å². The summed E-state index contributed by atoms with van der Waals surface area (Å²) in [5.41, 5.74) is 0.483. The Hall–Kier alpha value is 0.440. The highest BCUT2D eigenvalue weighted by atomic mass is 79.9. The molecule has 1 rings (SSSR count). The van der Waals surface area contributed by atoms with Crippen LogP contribution in [0.4, 0.5) is 0 Å². The van der Waals surface area contributed by atoms with Gasteiger partial charge in [-0.3, -0.25) is 0 Å². The second-order valence-electron chi connectivity index (χ2n) is 5.97. The molecule has 1 aliphatic carbocycles. The van der Waals surface area contributed by atoms with Crippen molar-refractivity contribution in [1.29, 1.82) is 0 Å². The van der Waals surface area contributed by atoms with E-state index in [9.17, 15) is 0 Å². The summed E-state index contributed by atoms with van der Waals surface area (Å²) in [5.74, 6) is 0. The molecule has 1 nitrogen and oxygen atoms in total. The molecule has 0 unspecified atom stereocenters. The number of hydrogen-bond donors (Lipinski definition) is 0. The monoisotopic (exact) mass is 275 g/mol. The first-order valence-electron chi connectivity index (χ1n) is 6.33. The Kier molecular flexibility index (Phi) is 5.62. The number of rotatable bonds is 6. The largest absolute Gasteiger partial charge is 0.300 e. The van der Waals surface area contributed by atoms with Gasteiger partial charge in [0.1, 0.15) is 0 Å². The molecule has 0 aromatic rings. The van der Waals surface area contributed by atoms with Crippen molar-refractivity contribution in [3.63, 3.8) is 0 Å². The SMILES string of the molecule is CC(C)(C)CCN(CCCBr)C1CCC1. The third-order valence-corrected chi connectivity index (χ3v) is 3.88. The van der Waals surface area contributed by atoms with Gasteiger partial charge in [-0.25, -0.2) is 0 Å². The minimum atomic E-state index is 0.483. The van der Waals surface area contributed by atoms with Gasteiger partial charge in [-0.05, 0) is 44.2 Å². The van der Waals surface area contributed by atoms with E-state index in [-0.39, 0.29) is 0 Å². The van der Waals surface area contributed by atoms with Crippen LogP contribution in [0.5, 0.6) is 0 Å². The van der Waals surface area contributed by atoms with Crippen molar-refractivity contribution >= 4 is 15.9 Å². The molecular weight excluding hydrogens is 250 g/mol. The normalized spacial score (nSPS) is 18.2. The number of alkyl halides is 1. The molecule has 0 saturated heterocycles. The van der Waals surface area contributed by atoms with Crippen molar-refractivity contribution in [3.05, 3.63) is 0 Å². The molecule has 1 fully saturated rings. The van der Waals surface area contributed by atoms with Crippen molar-refractivity contribution in [2.24, 2.45) is 5.41 Å². The lowest BCUT2D eigenvalue weighted by molar-refractivity contribution is 0.112. The van der Waals surface area contributed by atoms with Crippen molar-refractivity contribution in [2.45, 2.75) is 58.9 Å². The van der Waals surface area contributed by atoms with Crippen LogP contribution in [-0.4, -0.2) is 29.4 Å². The van der Waals surface area contributed by atoms with E-state index in [1.165, 1.54) is 45.2 Å². The van der Waals surface area contributed by atoms with Gasteiger partial charge in [0.25, 0.3) is 0 Å². The summed E-state index contributed by atoms with van der Waals surface area (Å²) in [7, 11) is 0. The highest BCUT2D eigenvalue weighted by Gasteiger charge is 2.25. The minimum Gasteiger partial charge on any atom is -0.300 e. The van der Waals surface area contributed by atoms with Crippen molar-refractivity contribution < 1.29 is 0 Å². The standard InChI is InChI=1S/C13H26BrN/c1-13(2,3)8-11-15(10-5-9-14)12-6-4-7-12/h12H,4-11H2,1-3H3. The summed E-state index contributed by atoms with van der Waals surface area (Å²) in [6.45, 7) is 9.61. The molecule has 0 aliphatic heterocycles. The topological polar surface area (TPSA) is 3.24 Å². The molecule has 1 saturated carbocycles. The molecule has 0 spiro atoms. The first-order chi connectivity index (χ1) is 7.03. The van der Waals surface area contributed by atoms with Gasteiger partial charge in [0.15, 0.2) is 0 Å². The molecule has 1 aliphatic rings. The fourth-order valence-electron chi connectivity index (χ4n) is 1.97. The molecule has 2 heteroatoms. The Morgan fingerprint density at radius 2 is 1.87 bits per heavy atom. The molecule has 0 bridgehead atoms. The van der Waals surface area contributed by atoms with Crippen LogP contribution in [-0.2, 0) is 0 Å². The van der Waals surface area contributed by atoms with Gasteiger partial charge >= 0.3 is 0 Å². The van der Waals surface area contributed by atoms with E-state index < -0.39 is 0 Å². The molecule has 0 aromatic carbocycles. The highest BCUT2D eigenvalue weighted by Crippen LogP contribution is 2.27. The lowest BCUT2D eigenvalue weighted by atomic mass is 9.88. The summed E-state index contributed by atoms with van der Waals surface area (Å²) in [5, 5.41) is 1.14. The van der Waals surface area contributed by atoms with Gasteiger partial charge in [-0.2, -0.15) is 0 Å². The summed E-state index contributed by atoms with van der Waals surface area (Å²) in [6.07, 6.45) is 6.94. The molecule has 0 radical (unpaired) electrons. The fourth-order valence-corrected chi connectivity index (χ4v) is 2.22. The lowest BCUT2D eigenvalue weighted by Gasteiger charge is -2.39. The Bertz CT molecular complexity index is 170. The van der Waals surface area contributed by atoms with E-state index >= 15 is 0 Å². The average molecular weight is 276 g/mol. The second kappa shape index (κ2) is 6.24. The maximum Gasteiger partial charge on any atom is 0.00952 e. The van der Waals surface area contributed by atoms with Crippen LogP contribution in [0.15, 0.2) is 0 Å². The molecule has 0 amide bonds. The predicted molar refractivity (Wildman–Crippen MR) is 71.7 cm³/mol. The Morgan fingerprint density at radius 1 is 1.20 bits per heavy atom. The van der Waals surface area contributed by atoms with Crippen LogP contribution in [0, 0.1) is 5.41 Å². The molecule has 0 N–H and O–H groups in total. The number of hydrogen-bond acceptors (Lipinski definition) is 1. The average Bonchev–Trinajstić information content (AvgIpc) is 2.05. The van der Waals surface area contributed by atoms with Crippen molar-refractivity contribution in [1.82, 2.24) is 4.90 Å². The summed E-state index contributed by atoms with van der Waals surface area (Å²) < 4.78 is 0. The quantitative estimate of drug-likeness (QED) is 0.661. The number of halogens is 1. The second-order valence-corrected chi connectivity index (χ2v) is 6.77. The van der Waals surface area contributed by atoms with E-state index in [0.29, 0.717) is 5.41 Å². The zero-order valence-corrected chi connectivity index (χ0v) is 12.1. The zero-order chi connectivity index (χ0) is 11.3. The fraction of sp³-hybridized carbons (Fsp3) is 1.00. The van der Waals surface area contributed by atoms with Crippen LogP contribution in [0.1, 0.15) is 52.9 Å². The van der Waals surface area contributed by atoms with Crippen LogP contribution in [0.2, 0.25) is 0 Å². The molecule has 0 heterocycles. The third kappa shape index (κ3) is 5.35. The maximum absolute atomic E-state index is 3.53. The van der Waals surface area contributed by atoms with Crippen LogP contribution in [0.3, 0.4) is 0 Å². The Balaban J connectivity index is 2.28. The molecule has 0 atom stereocenters. The van der Waals surface area contributed by atoms with Crippen molar-refractivity contribution in [3.8, 4) is 0 Å². The van der Waals surface area contributed by atoms with Crippen LogP contribution in [0.25, 0.3) is 0 Å². The van der Waals surface area contributed by atoms with E-state index in [1.807, 2.05) is 0 Å². The number of nitrogens with zero attached hydrogens (tertiary/aromatic N) is 1. The van der Waals surface area contributed by atoms with Gasteiger partial charge in [-0.1, -0.05) is 43.1 Å². The third-order valence-electron chi connectivity index (χ3n) is 3.32. The maximum atomic E-state index is 3.53. The van der Waals surface area contributed by atoms with Gasteiger partial charge in [0.2, 0.25) is 0 Å². The van der Waals surface area contributed by atoms with Gasteiger partial charge in [-0.15, -0.1) is 0 Å². The molecular formula is C13H26BrN. The molecule has 90 valence electrons. The van der Waals surface area contributed by atoms with Crippen LogP contribution >= 0.6 is 15.9 Å².